The number of alkyl halides is 1. The van der Waals surface area contributed by atoms with Gasteiger partial charge in [-0.15, -0.1) is 11.6 Å². The molecule has 2 aliphatic carbocycles. The first-order valence-corrected chi connectivity index (χ1v) is 9.48. The average Bonchev–Trinajstić information content (AvgIpc) is 2.89. The molecule has 4 rings (SSSR count). The third kappa shape index (κ3) is 2.03. The third-order valence-electron chi connectivity index (χ3n) is 6.85. The summed E-state index contributed by atoms with van der Waals surface area (Å²) in [7, 11) is 0. The molecule has 0 spiro atoms. The number of halogens is 1. The Hall–Kier alpha value is -1.41. The molecule has 27 heavy (non-hydrogen) atoms. The number of hydrogen-bond acceptors (Lipinski definition) is 7. The Bertz CT molecular complexity index is 879. The Morgan fingerprint density at radius 1 is 1.15 bits per heavy atom. The molecule has 1 aromatic heterocycles. The van der Waals surface area contributed by atoms with Crippen LogP contribution < -0.4 is 5.63 Å². The lowest BCUT2D eigenvalue weighted by Crippen LogP contribution is -2.68. The highest BCUT2D eigenvalue weighted by Gasteiger charge is 2.74. The highest BCUT2D eigenvalue weighted by Crippen LogP contribution is 2.64. The van der Waals surface area contributed by atoms with Gasteiger partial charge in [-0.2, -0.15) is 0 Å². The minimum Gasteiger partial charge on any atom is -0.458 e. The number of hydrogen-bond donors (Lipinski definition) is 3. The van der Waals surface area contributed by atoms with E-state index < -0.39 is 58.1 Å². The molecule has 148 valence electrons. The smallest absolute Gasteiger partial charge is 0.336 e. The highest BCUT2D eigenvalue weighted by atomic mass is 35.5. The second-order valence-electron chi connectivity index (χ2n) is 8.61. The van der Waals surface area contributed by atoms with Gasteiger partial charge in [0.2, 0.25) is 0 Å². The lowest BCUT2D eigenvalue weighted by atomic mass is 9.48. The molecule has 8 unspecified atom stereocenters. The standard InChI is InChI=1S/C19H23ClO7/c1-6(2)12-9-7(5-8(21)26-12)18(3)14-13(10(9)22)27-17(25)19(14,4)16(24)11(23)15(18)20/h5-6,10-11,13-16,22-24H,1-4H3. The summed E-state index contributed by atoms with van der Waals surface area (Å²) < 4.78 is 10.9. The number of fused-ring (bicyclic) bond motifs is 2. The fourth-order valence-corrected chi connectivity index (χ4v) is 5.92. The minimum atomic E-state index is -1.46. The quantitative estimate of drug-likeness (QED) is 0.476. The lowest BCUT2D eigenvalue weighted by Gasteiger charge is -2.57. The second-order valence-corrected chi connectivity index (χ2v) is 9.08. The van der Waals surface area contributed by atoms with Crippen molar-refractivity contribution in [2.24, 2.45) is 11.3 Å². The zero-order valence-corrected chi connectivity index (χ0v) is 16.2. The van der Waals surface area contributed by atoms with Crippen LogP contribution in [0, 0.1) is 11.3 Å². The predicted molar refractivity (Wildman–Crippen MR) is 94.5 cm³/mol. The largest absolute Gasteiger partial charge is 0.458 e. The molecule has 0 aromatic carbocycles. The first-order valence-electron chi connectivity index (χ1n) is 9.05. The van der Waals surface area contributed by atoms with E-state index in [-0.39, 0.29) is 5.92 Å². The number of ether oxygens (including phenoxy) is 1. The maximum atomic E-state index is 12.7. The lowest BCUT2D eigenvalue weighted by molar-refractivity contribution is -0.165. The van der Waals surface area contributed by atoms with Gasteiger partial charge in [0, 0.05) is 28.9 Å². The van der Waals surface area contributed by atoms with Crippen LogP contribution in [0.15, 0.2) is 15.3 Å². The van der Waals surface area contributed by atoms with Gasteiger partial charge >= 0.3 is 11.6 Å². The zero-order valence-electron chi connectivity index (χ0n) is 15.5. The highest BCUT2D eigenvalue weighted by molar-refractivity contribution is 6.22. The van der Waals surface area contributed by atoms with Gasteiger partial charge < -0.3 is 24.5 Å². The second kappa shape index (κ2) is 5.56. The van der Waals surface area contributed by atoms with Gasteiger partial charge in [-0.1, -0.05) is 20.8 Å². The fourth-order valence-electron chi connectivity index (χ4n) is 5.52. The Balaban J connectivity index is 2.09. The van der Waals surface area contributed by atoms with Crippen molar-refractivity contribution < 1.29 is 29.3 Å². The molecule has 7 nitrogen and oxygen atoms in total. The van der Waals surface area contributed by atoms with E-state index >= 15 is 0 Å². The topological polar surface area (TPSA) is 117 Å². The zero-order chi connectivity index (χ0) is 20.0. The van der Waals surface area contributed by atoms with Gasteiger partial charge in [-0.05, 0) is 12.5 Å². The van der Waals surface area contributed by atoms with E-state index in [1.807, 2.05) is 13.8 Å². The summed E-state index contributed by atoms with van der Waals surface area (Å²) in [6.45, 7) is 6.90. The first-order chi connectivity index (χ1) is 12.5. The van der Waals surface area contributed by atoms with Gasteiger partial charge in [0.05, 0.1) is 17.6 Å². The van der Waals surface area contributed by atoms with Crippen LogP contribution in [0.2, 0.25) is 0 Å². The van der Waals surface area contributed by atoms with Crippen LogP contribution in [0.1, 0.15) is 56.6 Å². The molecule has 0 amide bonds. The Labute approximate surface area is 160 Å². The Kier molecular flexibility index (Phi) is 3.90. The molecule has 1 aliphatic heterocycles. The summed E-state index contributed by atoms with van der Waals surface area (Å²) in [5, 5.41) is 31.4. The van der Waals surface area contributed by atoms with Crippen molar-refractivity contribution in [3.05, 3.63) is 33.4 Å². The third-order valence-corrected chi connectivity index (χ3v) is 7.57. The molecular weight excluding hydrogens is 376 g/mol. The summed E-state index contributed by atoms with van der Waals surface area (Å²) in [4.78, 5) is 25.0. The predicted octanol–water partition coefficient (Wildman–Crippen LogP) is 0.959. The number of carbonyl (C=O) groups excluding carboxylic acids is 1. The van der Waals surface area contributed by atoms with E-state index in [9.17, 15) is 24.9 Å². The Morgan fingerprint density at radius 2 is 1.78 bits per heavy atom. The first kappa shape index (κ1) is 18.9. The van der Waals surface area contributed by atoms with Crippen molar-refractivity contribution >= 4 is 17.6 Å². The maximum absolute atomic E-state index is 12.7. The van der Waals surface area contributed by atoms with Crippen molar-refractivity contribution in [2.75, 3.05) is 0 Å². The van der Waals surface area contributed by atoms with E-state index in [4.69, 9.17) is 20.8 Å². The van der Waals surface area contributed by atoms with Gasteiger partial charge in [0.15, 0.2) is 0 Å². The monoisotopic (exact) mass is 398 g/mol. The summed E-state index contributed by atoms with van der Waals surface area (Å²) in [6, 6.07) is 1.27. The van der Waals surface area contributed by atoms with Crippen LogP contribution >= 0.6 is 11.6 Å². The molecule has 1 saturated heterocycles. The normalized spacial score (nSPS) is 45.4. The van der Waals surface area contributed by atoms with Crippen molar-refractivity contribution in [3.63, 3.8) is 0 Å². The molecule has 3 N–H and O–H groups in total. The van der Waals surface area contributed by atoms with Crippen LogP contribution in [0.3, 0.4) is 0 Å². The van der Waals surface area contributed by atoms with Crippen molar-refractivity contribution in [1.82, 2.24) is 0 Å². The molecule has 8 heteroatoms. The summed E-state index contributed by atoms with van der Waals surface area (Å²) in [5.74, 6) is -1.32. The molecule has 1 saturated carbocycles. The van der Waals surface area contributed by atoms with Gasteiger partial charge in [-0.3, -0.25) is 4.79 Å². The van der Waals surface area contributed by atoms with Crippen LogP contribution in [-0.2, 0) is 14.9 Å². The summed E-state index contributed by atoms with van der Waals surface area (Å²) in [6.07, 6.45) is -5.05. The van der Waals surface area contributed by atoms with Crippen molar-refractivity contribution in [1.29, 1.82) is 0 Å². The molecule has 0 radical (unpaired) electrons. The van der Waals surface area contributed by atoms with Gasteiger partial charge in [0.25, 0.3) is 0 Å². The Morgan fingerprint density at radius 3 is 2.37 bits per heavy atom. The van der Waals surface area contributed by atoms with Crippen LogP contribution in [0.4, 0.5) is 0 Å². The summed E-state index contributed by atoms with van der Waals surface area (Å²) >= 11 is 6.61. The van der Waals surface area contributed by atoms with E-state index in [0.717, 1.165) is 0 Å². The van der Waals surface area contributed by atoms with Crippen molar-refractivity contribution in [2.45, 2.75) is 68.8 Å². The fraction of sp³-hybridized carbons (Fsp3) is 0.684. The molecular formula is C19H23ClO7. The van der Waals surface area contributed by atoms with Gasteiger partial charge in [0.1, 0.15) is 23.4 Å². The SMILES string of the molecule is CC(C)c1oc(=O)cc2c1C(O)C1OC(=O)C3(C)C(O)C(O)C(Cl)C2(C)C13. The van der Waals surface area contributed by atoms with Crippen LogP contribution in [-0.4, -0.2) is 45.0 Å². The maximum Gasteiger partial charge on any atom is 0.336 e. The van der Waals surface area contributed by atoms with Crippen molar-refractivity contribution in [3.8, 4) is 0 Å². The average molecular weight is 399 g/mol. The number of aliphatic hydroxyl groups excluding tert-OH is 3. The summed E-state index contributed by atoms with van der Waals surface area (Å²) in [5.41, 5.74) is -2.34. The van der Waals surface area contributed by atoms with Crippen LogP contribution in [0.25, 0.3) is 0 Å². The minimum absolute atomic E-state index is 0.209. The number of rotatable bonds is 1. The molecule has 2 fully saturated rings. The van der Waals surface area contributed by atoms with E-state index in [0.29, 0.717) is 16.9 Å². The molecule has 2 heterocycles. The molecule has 8 atom stereocenters. The van der Waals surface area contributed by atoms with E-state index in [2.05, 4.69) is 0 Å². The number of carbonyl (C=O) groups is 1. The molecule has 1 aromatic rings. The van der Waals surface area contributed by atoms with Gasteiger partial charge in [-0.25, -0.2) is 4.79 Å². The number of esters is 1. The van der Waals surface area contributed by atoms with E-state index in [1.54, 1.807) is 6.92 Å². The van der Waals surface area contributed by atoms with Crippen LogP contribution in [0.5, 0.6) is 0 Å². The number of aliphatic hydroxyl groups is 3. The molecule has 3 aliphatic rings. The van der Waals surface area contributed by atoms with E-state index in [1.165, 1.54) is 13.0 Å². The molecule has 0 bridgehead atoms.